The first-order valence-corrected chi connectivity index (χ1v) is 11.1. The van der Waals surface area contributed by atoms with E-state index in [-0.39, 0.29) is 17.4 Å². The summed E-state index contributed by atoms with van der Waals surface area (Å²) in [5.41, 5.74) is 3.41. The number of amides is 1. The molecule has 1 saturated heterocycles. The topological polar surface area (TPSA) is 103 Å². The Morgan fingerprint density at radius 2 is 1.74 bits per heavy atom. The molecule has 174 valence electrons. The normalized spacial score (nSPS) is 13.7. The van der Waals surface area contributed by atoms with Crippen LogP contribution in [0.25, 0.3) is 11.5 Å². The van der Waals surface area contributed by atoms with Crippen molar-refractivity contribution in [3.05, 3.63) is 76.2 Å². The van der Waals surface area contributed by atoms with Gasteiger partial charge in [-0.1, -0.05) is 18.2 Å². The number of hydrogen-bond acceptors (Lipinski definition) is 6. The summed E-state index contributed by atoms with van der Waals surface area (Å²) in [6.45, 7) is 6.76. The maximum atomic E-state index is 13.1. The highest BCUT2D eigenvalue weighted by Crippen LogP contribution is 2.25. The average Bonchev–Trinajstić information content (AvgIpc) is 3.24. The monoisotopic (exact) mass is 458 g/mol. The van der Waals surface area contributed by atoms with Crippen molar-refractivity contribution in [2.75, 3.05) is 23.3 Å². The summed E-state index contributed by atoms with van der Waals surface area (Å²) in [5.74, 6) is 1.01. The van der Waals surface area contributed by atoms with E-state index in [4.69, 9.17) is 0 Å². The average molecular weight is 459 g/mol. The first-order chi connectivity index (χ1) is 16.3. The van der Waals surface area contributed by atoms with E-state index in [9.17, 15) is 9.59 Å². The number of nitrogens with zero attached hydrogens (tertiary/aromatic N) is 7. The van der Waals surface area contributed by atoms with E-state index in [1.807, 2.05) is 68.1 Å². The molecule has 10 nitrogen and oxygen atoms in total. The zero-order valence-electron chi connectivity index (χ0n) is 19.6. The summed E-state index contributed by atoms with van der Waals surface area (Å²) in [7, 11) is 1.81. The Hall–Kier alpha value is -4.21. The first-order valence-electron chi connectivity index (χ1n) is 11.1. The summed E-state index contributed by atoms with van der Waals surface area (Å²) >= 11 is 0. The number of rotatable bonds is 5. The number of carbonyl (C=O) groups excluding carboxylic acids is 1. The van der Waals surface area contributed by atoms with Crippen molar-refractivity contribution in [2.45, 2.75) is 20.8 Å². The van der Waals surface area contributed by atoms with Crippen LogP contribution in [-0.2, 0) is 11.8 Å². The highest BCUT2D eigenvalue weighted by Gasteiger charge is 2.35. The molecule has 0 unspecified atom stereocenters. The maximum absolute atomic E-state index is 13.1. The number of nitrogens with one attached hydrogen (secondary N) is 1. The number of aryl methyl sites for hydroxylation is 2. The van der Waals surface area contributed by atoms with Crippen molar-refractivity contribution in [1.29, 1.82) is 0 Å². The minimum Gasteiger partial charge on any atom is -0.355 e. The molecule has 0 saturated carbocycles. The van der Waals surface area contributed by atoms with Crippen LogP contribution in [-0.4, -0.2) is 48.1 Å². The van der Waals surface area contributed by atoms with Crippen molar-refractivity contribution >= 4 is 17.4 Å². The molecule has 0 radical (unpaired) electrons. The molecular formula is C24H26N8O2. The first kappa shape index (κ1) is 21.6. The lowest BCUT2D eigenvalue weighted by atomic mass is 9.99. The number of benzene rings is 1. The van der Waals surface area contributed by atoms with E-state index in [1.54, 1.807) is 21.1 Å². The lowest BCUT2D eigenvalue weighted by Crippen LogP contribution is -2.52. The molecular weight excluding hydrogens is 432 g/mol. The third-order valence-corrected chi connectivity index (χ3v) is 6.24. The van der Waals surface area contributed by atoms with E-state index in [0.717, 1.165) is 22.9 Å². The van der Waals surface area contributed by atoms with Gasteiger partial charge in [0.05, 0.1) is 23.0 Å². The third-order valence-electron chi connectivity index (χ3n) is 6.24. The summed E-state index contributed by atoms with van der Waals surface area (Å²) in [4.78, 5) is 36.7. The van der Waals surface area contributed by atoms with Gasteiger partial charge < -0.3 is 10.2 Å². The molecule has 10 heteroatoms. The fourth-order valence-corrected chi connectivity index (χ4v) is 4.26. The van der Waals surface area contributed by atoms with Crippen molar-refractivity contribution in [3.63, 3.8) is 0 Å². The van der Waals surface area contributed by atoms with Gasteiger partial charge in [0.2, 0.25) is 5.91 Å². The molecule has 0 bridgehead atoms. The Bertz CT molecular complexity index is 1430. The molecule has 1 aliphatic heterocycles. The van der Waals surface area contributed by atoms with E-state index in [0.29, 0.717) is 30.3 Å². The van der Waals surface area contributed by atoms with Gasteiger partial charge in [-0.05, 0) is 39.0 Å². The Balaban J connectivity index is 1.29. The van der Waals surface area contributed by atoms with Crippen LogP contribution >= 0.6 is 0 Å². The summed E-state index contributed by atoms with van der Waals surface area (Å²) < 4.78 is 5.08. The van der Waals surface area contributed by atoms with Gasteiger partial charge in [-0.3, -0.25) is 14.3 Å². The smallest absolute Gasteiger partial charge is 0.295 e. The number of carbonyl (C=O) groups is 1. The minimum atomic E-state index is -0.249. The van der Waals surface area contributed by atoms with Crippen LogP contribution in [0.4, 0.5) is 11.5 Å². The second-order valence-corrected chi connectivity index (χ2v) is 8.60. The SMILES string of the molecule is Cc1cc(C)n(-c2cc(N3CC(C(=O)Nc4c(C)n(C)n(-c5ccccc5)c4=O)C3)ncn2)n1. The fraction of sp³-hybridized carbons (Fsp3) is 0.292. The van der Waals surface area contributed by atoms with Crippen LogP contribution in [0.1, 0.15) is 17.1 Å². The molecule has 5 rings (SSSR count). The molecule has 1 N–H and O–H groups in total. The zero-order chi connectivity index (χ0) is 24.0. The summed E-state index contributed by atoms with van der Waals surface area (Å²) in [5, 5.41) is 7.34. The van der Waals surface area contributed by atoms with Crippen LogP contribution in [0, 0.1) is 26.7 Å². The van der Waals surface area contributed by atoms with E-state index < -0.39 is 0 Å². The van der Waals surface area contributed by atoms with Gasteiger partial charge in [0.25, 0.3) is 5.56 Å². The lowest BCUT2D eigenvalue weighted by Gasteiger charge is -2.39. The van der Waals surface area contributed by atoms with Crippen LogP contribution in [0.15, 0.2) is 53.6 Å². The number of aromatic nitrogens is 6. The molecule has 4 heterocycles. The third kappa shape index (κ3) is 3.66. The maximum Gasteiger partial charge on any atom is 0.295 e. The molecule has 34 heavy (non-hydrogen) atoms. The van der Waals surface area contributed by atoms with Gasteiger partial charge >= 0.3 is 0 Å². The molecule has 3 aromatic heterocycles. The molecule has 4 aromatic rings. The van der Waals surface area contributed by atoms with E-state index in [2.05, 4.69) is 20.4 Å². The zero-order valence-corrected chi connectivity index (χ0v) is 19.6. The fourth-order valence-electron chi connectivity index (χ4n) is 4.26. The molecule has 1 aromatic carbocycles. The van der Waals surface area contributed by atoms with Gasteiger partial charge in [0.15, 0.2) is 5.82 Å². The van der Waals surface area contributed by atoms with E-state index in [1.165, 1.54) is 6.33 Å². The van der Waals surface area contributed by atoms with Crippen molar-refractivity contribution in [2.24, 2.45) is 13.0 Å². The van der Waals surface area contributed by atoms with Gasteiger partial charge in [-0.25, -0.2) is 19.3 Å². The van der Waals surface area contributed by atoms with Crippen molar-refractivity contribution in [3.8, 4) is 11.5 Å². The Kier molecular flexibility index (Phi) is 5.27. The van der Waals surface area contributed by atoms with E-state index >= 15 is 0 Å². The van der Waals surface area contributed by atoms with Gasteiger partial charge in [-0.2, -0.15) is 5.10 Å². The number of para-hydroxylation sites is 1. The van der Waals surface area contributed by atoms with Crippen LogP contribution in [0.5, 0.6) is 0 Å². The highest BCUT2D eigenvalue weighted by atomic mass is 16.2. The number of hydrogen-bond donors (Lipinski definition) is 1. The molecule has 1 aliphatic rings. The predicted molar refractivity (Wildman–Crippen MR) is 129 cm³/mol. The molecule has 1 fully saturated rings. The standard InChI is InChI=1S/C24H26N8O2/c1-15-10-16(2)31(28-15)21-11-20(25-14-26-21)30-12-18(13-30)23(33)27-22-17(3)29(4)32(24(22)34)19-8-6-5-7-9-19/h5-11,14,18H,12-13H2,1-4H3,(H,27,33). The Morgan fingerprint density at radius 1 is 1.03 bits per heavy atom. The van der Waals surface area contributed by atoms with Crippen molar-refractivity contribution in [1.82, 2.24) is 29.1 Å². The van der Waals surface area contributed by atoms with Gasteiger partial charge in [0.1, 0.15) is 17.8 Å². The Morgan fingerprint density at radius 3 is 2.41 bits per heavy atom. The largest absolute Gasteiger partial charge is 0.355 e. The quantitative estimate of drug-likeness (QED) is 0.492. The van der Waals surface area contributed by atoms with Crippen LogP contribution < -0.4 is 15.8 Å². The predicted octanol–water partition coefficient (Wildman–Crippen LogP) is 2.15. The highest BCUT2D eigenvalue weighted by molar-refractivity contribution is 5.94. The molecule has 0 aliphatic carbocycles. The summed E-state index contributed by atoms with van der Waals surface area (Å²) in [6.07, 6.45) is 1.51. The van der Waals surface area contributed by atoms with Crippen LogP contribution in [0.3, 0.4) is 0 Å². The second-order valence-electron chi connectivity index (χ2n) is 8.60. The van der Waals surface area contributed by atoms with Crippen molar-refractivity contribution < 1.29 is 4.79 Å². The molecule has 0 spiro atoms. The van der Waals surface area contributed by atoms with Crippen LogP contribution in [0.2, 0.25) is 0 Å². The second kappa shape index (κ2) is 8.29. The summed E-state index contributed by atoms with van der Waals surface area (Å²) in [6, 6.07) is 13.2. The lowest BCUT2D eigenvalue weighted by molar-refractivity contribution is -0.120. The number of anilines is 2. The van der Waals surface area contributed by atoms with Gasteiger partial charge in [-0.15, -0.1) is 0 Å². The van der Waals surface area contributed by atoms with Gasteiger partial charge in [0, 0.05) is 31.9 Å². The molecule has 1 amide bonds. The molecule has 0 atom stereocenters. The minimum absolute atomic E-state index is 0.171. The Labute approximate surface area is 196 Å².